The molecule has 106 valence electrons. The number of nitrogens with zero attached hydrogens (tertiary/aromatic N) is 1. The molecular weight excluding hydrogens is 266 g/mol. The van der Waals surface area contributed by atoms with E-state index < -0.39 is 5.97 Å². The van der Waals surface area contributed by atoms with Crippen molar-refractivity contribution < 1.29 is 14.7 Å². The first-order valence-corrected chi connectivity index (χ1v) is 6.83. The van der Waals surface area contributed by atoms with Crippen molar-refractivity contribution >= 4 is 23.3 Å². The van der Waals surface area contributed by atoms with Crippen LogP contribution < -0.4 is 4.90 Å². The molecule has 0 unspecified atom stereocenters. The van der Waals surface area contributed by atoms with Gasteiger partial charge in [0.2, 0.25) is 5.91 Å². The van der Waals surface area contributed by atoms with E-state index in [1.165, 1.54) is 6.92 Å². The zero-order valence-electron chi connectivity index (χ0n) is 11.7. The van der Waals surface area contributed by atoms with Crippen molar-refractivity contribution in [3.05, 3.63) is 59.2 Å². The summed E-state index contributed by atoms with van der Waals surface area (Å²) in [6.45, 7) is 1.50. The van der Waals surface area contributed by atoms with E-state index in [9.17, 15) is 14.7 Å². The second kappa shape index (κ2) is 5.05. The third-order valence-electron chi connectivity index (χ3n) is 3.78. The Labute approximate surface area is 122 Å². The Morgan fingerprint density at radius 2 is 1.67 bits per heavy atom. The van der Waals surface area contributed by atoms with E-state index in [1.54, 1.807) is 23.1 Å². The summed E-state index contributed by atoms with van der Waals surface area (Å²) in [4.78, 5) is 24.9. The van der Waals surface area contributed by atoms with Crippen LogP contribution in [0.4, 0.5) is 11.4 Å². The number of amides is 1. The average Bonchev–Trinajstić information content (AvgIpc) is 2.62. The summed E-state index contributed by atoms with van der Waals surface area (Å²) < 4.78 is 0. The molecule has 0 aromatic heterocycles. The molecule has 0 fully saturated rings. The highest BCUT2D eigenvalue weighted by Gasteiger charge is 2.24. The number of carboxylic acid groups (broad SMARTS) is 1. The smallest absolute Gasteiger partial charge is 0.335 e. The number of hydrogen-bond acceptors (Lipinski definition) is 2. The predicted molar refractivity (Wildman–Crippen MR) is 80.1 cm³/mol. The van der Waals surface area contributed by atoms with Gasteiger partial charge in [0.1, 0.15) is 0 Å². The van der Waals surface area contributed by atoms with Gasteiger partial charge in [-0.3, -0.25) is 9.69 Å². The number of benzene rings is 2. The fraction of sp³-hybridized carbons (Fsp3) is 0.176. The summed E-state index contributed by atoms with van der Waals surface area (Å²) in [6.07, 6.45) is 1.62. The van der Waals surface area contributed by atoms with E-state index in [2.05, 4.69) is 0 Å². The maximum Gasteiger partial charge on any atom is 0.335 e. The van der Waals surface area contributed by atoms with Gasteiger partial charge in [-0.25, -0.2) is 4.79 Å². The number of aryl methyl sites for hydroxylation is 2. The molecule has 0 saturated carbocycles. The van der Waals surface area contributed by atoms with Gasteiger partial charge in [-0.1, -0.05) is 24.3 Å². The van der Waals surface area contributed by atoms with Gasteiger partial charge in [-0.15, -0.1) is 0 Å². The third kappa shape index (κ3) is 2.29. The van der Waals surface area contributed by atoms with E-state index in [0.717, 1.165) is 29.7 Å². The fourth-order valence-corrected chi connectivity index (χ4v) is 2.80. The molecule has 4 heteroatoms. The molecule has 1 aliphatic rings. The largest absolute Gasteiger partial charge is 0.478 e. The van der Waals surface area contributed by atoms with Crippen LogP contribution >= 0.6 is 0 Å². The molecule has 2 aromatic carbocycles. The van der Waals surface area contributed by atoms with Gasteiger partial charge in [0.15, 0.2) is 0 Å². The highest BCUT2D eigenvalue weighted by molar-refractivity contribution is 6.02. The lowest BCUT2D eigenvalue weighted by atomic mass is 10.0. The highest BCUT2D eigenvalue weighted by Crippen LogP contribution is 2.36. The summed E-state index contributed by atoms with van der Waals surface area (Å²) in [6, 6.07) is 12.7. The zero-order valence-corrected chi connectivity index (χ0v) is 11.7. The number of anilines is 2. The van der Waals surface area contributed by atoms with Crippen LogP contribution in [0.2, 0.25) is 0 Å². The number of fused-ring (bicyclic) bond motifs is 2. The Morgan fingerprint density at radius 3 is 2.33 bits per heavy atom. The molecule has 4 nitrogen and oxygen atoms in total. The Balaban J connectivity index is 2.24. The summed E-state index contributed by atoms with van der Waals surface area (Å²) in [5.41, 5.74) is 3.80. The van der Waals surface area contributed by atoms with Crippen molar-refractivity contribution in [3.8, 4) is 0 Å². The van der Waals surface area contributed by atoms with Crippen LogP contribution in [-0.4, -0.2) is 17.0 Å². The summed E-state index contributed by atoms with van der Waals surface area (Å²) >= 11 is 0. The zero-order chi connectivity index (χ0) is 15.0. The van der Waals surface area contributed by atoms with E-state index in [-0.39, 0.29) is 11.5 Å². The lowest BCUT2D eigenvalue weighted by Crippen LogP contribution is -2.24. The van der Waals surface area contributed by atoms with Gasteiger partial charge in [0, 0.05) is 6.92 Å². The summed E-state index contributed by atoms with van der Waals surface area (Å²) in [7, 11) is 0. The average molecular weight is 281 g/mol. The molecule has 0 radical (unpaired) electrons. The Kier molecular flexibility index (Phi) is 3.22. The molecule has 2 aromatic rings. The minimum absolute atomic E-state index is 0.117. The van der Waals surface area contributed by atoms with Crippen LogP contribution in [0.3, 0.4) is 0 Å². The second-order valence-electron chi connectivity index (χ2n) is 5.13. The van der Waals surface area contributed by atoms with Crippen LogP contribution in [0.5, 0.6) is 0 Å². The monoisotopic (exact) mass is 281 g/mol. The van der Waals surface area contributed by atoms with Gasteiger partial charge < -0.3 is 5.11 Å². The number of para-hydroxylation sites is 1. The molecule has 0 atom stereocenters. The minimum atomic E-state index is -0.987. The van der Waals surface area contributed by atoms with Crippen molar-refractivity contribution in [2.45, 2.75) is 19.8 Å². The first-order valence-electron chi connectivity index (χ1n) is 6.83. The van der Waals surface area contributed by atoms with Crippen molar-refractivity contribution in [3.63, 3.8) is 0 Å². The van der Waals surface area contributed by atoms with Gasteiger partial charge in [-0.2, -0.15) is 0 Å². The topological polar surface area (TPSA) is 57.6 Å². The molecule has 21 heavy (non-hydrogen) atoms. The van der Waals surface area contributed by atoms with Crippen LogP contribution in [0.1, 0.15) is 28.4 Å². The molecule has 0 saturated heterocycles. The second-order valence-corrected chi connectivity index (χ2v) is 5.13. The predicted octanol–water partition coefficient (Wildman–Crippen LogP) is 3.17. The molecule has 1 amide bonds. The number of carboxylic acids is 1. The molecule has 0 spiro atoms. The summed E-state index contributed by atoms with van der Waals surface area (Å²) in [5, 5.41) is 9.17. The normalized spacial score (nSPS) is 13.1. The lowest BCUT2D eigenvalue weighted by Gasteiger charge is -2.23. The molecule has 1 heterocycles. The Hall–Kier alpha value is -2.62. The number of aromatic carboxylic acids is 1. The van der Waals surface area contributed by atoms with E-state index in [0.29, 0.717) is 5.69 Å². The molecule has 3 rings (SSSR count). The van der Waals surface area contributed by atoms with Crippen molar-refractivity contribution in [2.75, 3.05) is 4.90 Å². The van der Waals surface area contributed by atoms with Crippen molar-refractivity contribution in [1.29, 1.82) is 0 Å². The van der Waals surface area contributed by atoms with Gasteiger partial charge in [-0.05, 0) is 42.2 Å². The summed E-state index contributed by atoms with van der Waals surface area (Å²) in [5.74, 6) is -1.10. The van der Waals surface area contributed by atoms with Gasteiger partial charge in [0.25, 0.3) is 0 Å². The number of rotatable bonds is 1. The standard InChI is InChI=1S/C17H15NO3/c1-11(19)18-15-5-3-2-4-12(15)6-7-13-8-9-14(17(20)21)10-16(13)18/h2-5,8-10H,6-7H2,1H3,(H,20,21). The molecular formula is C17H15NO3. The first-order chi connectivity index (χ1) is 10.1. The minimum Gasteiger partial charge on any atom is -0.478 e. The van der Waals surface area contributed by atoms with Crippen LogP contribution in [0.25, 0.3) is 0 Å². The quantitative estimate of drug-likeness (QED) is 0.873. The van der Waals surface area contributed by atoms with Crippen LogP contribution in [-0.2, 0) is 17.6 Å². The SMILES string of the molecule is CC(=O)N1c2ccccc2CCc2ccc(C(=O)O)cc21. The molecule has 0 aliphatic carbocycles. The Bertz CT molecular complexity index is 737. The number of carbonyl (C=O) groups is 2. The highest BCUT2D eigenvalue weighted by atomic mass is 16.4. The van der Waals surface area contributed by atoms with E-state index >= 15 is 0 Å². The third-order valence-corrected chi connectivity index (χ3v) is 3.78. The molecule has 0 bridgehead atoms. The first kappa shape index (κ1) is 13.4. The number of hydrogen-bond donors (Lipinski definition) is 1. The fourth-order valence-electron chi connectivity index (χ4n) is 2.80. The maximum atomic E-state index is 12.1. The van der Waals surface area contributed by atoms with E-state index in [1.807, 2.05) is 24.3 Å². The van der Waals surface area contributed by atoms with Crippen molar-refractivity contribution in [2.24, 2.45) is 0 Å². The molecule has 1 aliphatic heterocycles. The van der Waals surface area contributed by atoms with Crippen molar-refractivity contribution in [1.82, 2.24) is 0 Å². The van der Waals surface area contributed by atoms with Gasteiger partial charge >= 0.3 is 5.97 Å². The molecule has 1 N–H and O–H groups in total. The van der Waals surface area contributed by atoms with Crippen LogP contribution in [0.15, 0.2) is 42.5 Å². The number of carbonyl (C=O) groups excluding carboxylic acids is 1. The Morgan fingerprint density at radius 1 is 1.00 bits per heavy atom. The van der Waals surface area contributed by atoms with E-state index in [4.69, 9.17) is 0 Å². The maximum absolute atomic E-state index is 12.1. The van der Waals surface area contributed by atoms with Crippen LogP contribution in [0, 0.1) is 0 Å². The lowest BCUT2D eigenvalue weighted by molar-refractivity contribution is -0.115. The van der Waals surface area contributed by atoms with Gasteiger partial charge in [0.05, 0.1) is 16.9 Å².